The number of nitrogens with zero attached hydrogens (tertiary/aromatic N) is 2. The molecule has 0 radical (unpaired) electrons. The van der Waals surface area contributed by atoms with Crippen LogP contribution >= 0.6 is 0 Å². The first-order chi connectivity index (χ1) is 7.33. The minimum absolute atomic E-state index is 0.247. The van der Waals surface area contributed by atoms with Crippen LogP contribution in [-0.2, 0) is 11.2 Å². The molecule has 1 unspecified atom stereocenters. The molecule has 1 atom stereocenters. The fourth-order valence-corrected chi connectivity index (χ4v) is 2.06. The standard InChI is InChI=1S/C11H18N2O2/c1-9-10(3-2-5-14)7-12-13(9)11-4-6-15-8-11/h7,11,14H,2-6,8H2,1H3. The summed E-state index contributed by atoms with van der Waals surface area (Å²) in [6.45, 7) is 3.97. The van der Waals surface area contributed by atoms with Gasteiger partial charge >= 0.3 is 0 Å². The molecule has 0 amide bonds. The summed E-state index contributed by atoms with van der Waals surface area (Å²) >= 11 is 0. The second-order valence-corrected chi connectivity index (χ2v) is 4.04. The molecule has 0 saturated carbocycles. The molecule has 1 N–H and O–H groups in total. The highest BCUT2D eigenvalue weighted by Crippen LogP contribution is 2.21. The van der Waals surface area contributed by atoms with Crippen LogP contribution in [0.25, 0.3) is 0 Å². The molecule has 4 nitrogen and oxygen atoms in total. The van der Waals surface area contributed by atoms with Crippen LogP contribution in [0, 0.1) is 6.92 Å². The molecule has 2 heterocycles. The Kier molecular flexibility index (Phi) is 3.38. The fourth-order valence-electron chi connectivity index (χ4n) is 2.06. The van der Waals surface area contributed by atoms with Crippen LogP contribution in [0.3, 0.4) is 0 Å². The number of rotatable bonds is 4. The van der Waals surface area contributed by atoms with Crippen LogP contribution in [0.4, 0.5) is 0 Å². The molecule has 0 aliphatic carbocycles. The zero-order chi connectivity index (χ0) is 10.7. The van der Waals surface area contributed by atoms with Crippen molar-refractivity contribution >= 4 is 0 Å². The first-order valence-corrected chi connectivity index (χ1v) is 5.54. The van der Waals surface area contributed by atoms with Gasteiger partial charge in [-0.2, -0.15) is 5.10 Å². The third-order valence-electron chi connectivity index (χ3n) is 3.00. The minimum atomic E-state index is 0.247. The smallest absolute Gasteiger partial charge is 0.0777 e. The lowest BCUT2D eigenvalue weighted by Gasteiger charge is -2.11. The number of aromatic nitrogens is 2. The van der Waals surface area contributed by atoms with E-state index in [1.807, 2.05) is 6.20 Å². The van der Waals surface area contributed by atoms with Gasteiger partial charge in [0.1, 0.15) is 0 Å². The lowest BCUT2D eigenvalue weighted by atomic mass is 10.1. The largest absolute Gasteiger partial charge is 0.396 e. The van der Waals surface area contributed by atoms with Gasteiger partial charge in [0, 0.05) is 18.9 Å². The lowest BCUT2D eigenvalue weighted by Crippen LogP contribution is -2.12. The van der Waals surface area contributed by atoms with Crippen molar-refractivity contribution in [3.63, 3.8) is 0 Å². The molecular weight excluding hydrogens is 192 g/mol. The van der Waals surface area contributed by atoms with Crippen LogP contribution in [0.15, 0.2) is 6.20 Å². The van der Waals surface area contributed by atoms with E-state index in [4.69, 9.17) is 9.84 Å². The Bertz CT molecular complexity index is 316. The van der Waals surface area contributed by atoms with Gasteiger partial charge in [-0.25, -0.2) is 0 Å². The maximum absolute atomic E-state index is 8.79. The number of aryl methyl sites for hydroxylation is 1. The van der Waals surface area contributed by atoms with Crippen molar-refractivity contribution in [1.82, 2.24) is 9.78 Å². The van der Waals surface area contributed by atoms with E-state index in [1.54, 1.807) is 0 Å². The average Bonchev–Trinajstić information content (AvgIpc) is 2.84. The summed E-state index contributed by atoms with van der Waals surface area (Å²) < 4.78 is 7.43. The number of aliphatic hydroxyl groups is 1. The van der Waals surface area contributed by atoms with Crippen molar-refractivity contribution in [3.8, 4) is 0 Å². The second-order valence-electron chi connectivity index (χ2n) is 4.04. The quantitative estimate of drug-likeness (QED) is 0.809. The second kappa shape index (κ2) is 4.77. The topological polar surface area (TPSA) is 47.3 Å². The molecule has 2 rings (SSSR count). The van der Waals surface area contributed by atoms with E-state index in [0.29, 0.717) is 6.04 Å². The zero-order valence-electron chi connectivity index (χ0n) is 9.15. The Morgan fingerprint density at radius 2 is 2.53 bits per heavy atom. The van der Waals surface area contributed by atoms with Crippen LogP contribution in [-0.4, -0.2) is 34.7 Å². The summed E-state index contributed by atoms with van der Waals surface area (Å²) in [5.41, 5.74) is 2.47. The summed E-state index contributed by atoms with van der Waals surface area (Å²) in [7, 11) is 0. The fraction of sp³-hybridized carbons (Fsp3) is 0.727. The van der Waals surface area contributed by atoms with Gasteiger partial charge in [-0.15, -0.1) is 0 Å². The van der Waals surface area contributed by atoms with Gasteiger partial charge in [-0.05, 0) is 31.7 Å². The highest BCUT2D eigenvalue weighted by molar-refractivity contribution is 5.17. The van der Waals surface area contributed by atoms with E-state index in [0.717, 1.165) is 32.5 Å². The Balaban J connectivity index is 2.08. The van der Waals surface area contributed by atoms with Gasteiger partial charge in [0.2, 0.25) is 0 Å². The number of hydrogen-bond acceptors (Lipinski definition) is 3. The van der Waals surface area contributed by atoms with Crippen molar-refractivity contribution in [1.29, 1.82) is 0 Å². The molecule has 0 bridgehead atoms. The van der Waals surface area contributed by atoms with E-state index in [1.165, 1.54) is 11.3 Å². The molecule has 1 aliphatic heterocycles. The van der Waals surface area contributed by atoms with Crippen LogP contribution in [0.2, 0.25) is 0 Å². The Hall–Kier alpha value is -0.870. The monoisotopic (exact) mass is 210 g/mol. The summed E-state index contributed by atoms with van der Waals surface area (Å²) in [6, 6.07) is 0.410. The summed E-state index contributed by atoms with van der Waals surface area (Å²) in [5, 5.41) is 13.2. The van der Waals surface area contributed by atoms with E-state index in [9.17, 15) is 0 Å². The highest BCUT2D eigenvalue weighted by Gasteiger charge is 2.20. The van der Waals surface area contributed by atoms with Crippen LogP contribution in [0.1, 0.15) is 30.1 Å². The Morgan fingerprint density at radius 1 is 1.67 bits per heavy atom. The molecular formula is C11H18N2O2. The Morgan fingerprint density at radius 3 is 3.20 bits per heavy atom. The SMILES string of the molecule is Cc1c(CCCO)cnn1C1CCOC1. The lowest BCUT2D eigenvalue weighted by molar-refractivity contribution is 0.184. The predicted molar refractivity (Wildman–Crippen MR) is 56.8 cm³/mol. The van der Waals surface area contributed by atoms with Crippen molar-refractivity contribution in [2.24, 2.45) is 0 Å². The number of hydrogen-bond donors (Lipinski definition) is 1. The van der Waals surface area contributed by atoms with Crippen LogP contribution < -0.4 is 0 Å². The first kappa shape index (κ1) is 10.6. The Labute approximate surface area is 89.9 Å². The van der Waals surface area contributed by atoms with E-state index < -0.39 is 0 Å². The van der Waals surface area contributed by atoms with Gasteiger partial charge < -0.3 is 9.84 Å². The molecule has 1 saturated heterocycles. The van der Waals surface area contributed by atoms with Gasteiger partial charge in [0.05, 0.1) is 18.8 Å². The normalized spacial score (nSPS) is 21.1. The molecule has 0 spiro atoms. The number of ether oxygens (including phenoxy) is 1. The van der Waals surface area contributed by atoms with E-state index in [-0.39, 0.29) is 6.61 Å². The van der Waals surface area contributed by atoms with Gasteiger partial charge in [-0.3, -0.25) is 4.68 Å². The minimum Gasteiger partial charge on any atom is -0.396 e. The van der Waals surface area contributed by atoms with Gasteiger partial charge in [-0.1, -0.05) is 0 Å². The van der Waals surface area contributed by atoms with Crippen molar-refractivity contribution < 1.29 is 9.84 Å². The third kappa shape index (κ3) is 2.21. The maximum atomic E-state index is 8.79. The van der Waals surface area contributed by atoms with Crippen molar-refractivity contribution in [2.75, 3.05) is 19.8 Å². The van der Waals surface area contributed by atoms with Crippen LogP contribution in [0.5, 0.6) is 0 Å². The molecule has 1 aromatic rings. The van der Waals surface area contributed by atoms with E-state index >= 15 is 0 Å². The predicted octanol–water partition coefficient (Wildman–Crippen LogP) is 1.08. The molecule has 4 heteroatoms. The van der Waals surface area contributed by atoms with Gasteiger partial charge in [0.15, 0.2) is 0 Å². The number of aliphatic hydroxyl groups excluding tert-OH is 1. The van der Waals surface area contributed by atoms with Crippen molar-refractivity contribution in [2.45, 2.75) is 32.2 Å². The first-order valence-electron chi connectivity index (χ1n) is 5.54. The highest BCUT2D eigenvalue weighted by atomic mass is 16.5. The molecule has 1 fully saturated rings. The molecule has 1 aromatic heterocycles. The maximum Gasteiger partial charge on any atom is 0.0777 e. The molecule has 84 valence electrons. The zero-order valence-corrected chi connectivity index (χ0v) is 9.15. The van der Waals surface area contributed by atoms with Gasteiger partial charge in [0.25, 0.3) is 0 Å². The summed E-state index contributed by atoms with van der Waals surface area (Å²) in [6.07, 6.45) is 4.70. The third-order valence-corrected chi connectivity index (χ3v) is 3.00. The summed E-state index contributed by atoms with van der Waals surface area (Å²) in [4.78, 5) is 0. The van der Waals surface area contributed by atoms with Crippen molar-refractivity contribution in [3.05, 3.63) is 17.5 Å². The molecule has 15 heavy (non-hydrogen) atoms. The average molecular weight is 210 g/mol. The summed E-state index contributed by atoms with van der Waals surface area (Å²) in [5.74, 6) is 0. The molecule has 1 aliphatic rings. The van der Waals surface area contributed by atoms with E-state index in [2.05, 4.69) is 16.7 Å². The molecule has 0 aromatic carbocycles.